The van der Waals surface area contributed by atoms with E-state index in [9.17, 15) is 9.18 Å². The molecular formula is C15H14BrFN2O2. The molecule has 0 fully saturated rings. The first-order valence-corrected chi connectivity index (χ1v) is 7.10. The van der Waals surface area contributed by atoms with Crippen molar-refractivity contribution in [3.63, 3.8) is 0 Å². The minimum Gasteiger partial charge on any atom is -0.491 e. The average Bonchev–Trinajstić information content (AvgIpc) is 2.45. The normalized spacial score (nSPS) is 10.2. The van der Waals surface area contributed by atoms with Crippen LogP contribution in [0.5, 0.6) is 5.75 Å². The molecule has 0 saturated carbocycles. The molecule has 0 bridgehead atoms. The highest BCUT2D eigenvalue weighted by Gasteiger charge is 2.17. The van der Waals surface area contributed by atoms with Gasteiger partial charge in [0.1, 0.15) is 5.82 Å². The lowest BCUT2D eigenvalue weighted by atomic mass is 10.1. The average molecular weight is 353 g/mol. The van der Waals surface area contributed by atoms with Gasteiger partial charge in [-0.2, -0.15) is 0 Å². The lowest BCUT2D eigenvalue weighted by Crippen LogP contribution is -2.15. The number of ether oxygens (including phenoxy) is 1. The van der Waals surface area contributed by atoms with Gasteiger partial charge in [-0.3, -0.25) is 4.79 Å². The van der Waals surface area contributed by atoms with Crippen molar-refractivity contribution < 1.29 is 13.9 Å². The molecule has 2 rings (SSSR count). The van der Waals surface area contributed by atoms with Crippen molar-refractivity contribution in [2.45, 2.75) is 6.92 Å². The number of hydrogen-bond donors (Lipinski definition) is 2. The molecule has 3 N–H and O–H groups in total. The van der Waals surface area contributed by atoms with Crippen LogP contribution in [-0.2, 0) is 0 Å². The second-order valence-electron chi connectivity index (χ2n) is 4.21. The number of rotatable bonds is 4. The molecule has 6 heteroatoms. The second-order valence-corrected chi connectivity index (χ2v) is 5.06. The summed E-state index contributed by atoms with van der Waals surface area (Å²) in [5, 5.41) is 2.52. The number of amides is 1. The van der Waals surface area contributed by atoms with Gasteiger partial charge in [0.2, 0.25) is 0 Å². The molecule has 0 saturated heterocycles. The number of benzene rings is 2. The first-order chi connectivity index (χ1) is 10.0. The first kappa shape index (κ1) is 15.3. The predicted molar refractivity (Wildman–Crippen MR) is 84.1 cm³/mol. The molecule has 0 aliphatic carbocycles. The van der Waals surface area contributed by atoms with Crippen LogP contribution in [0.15, 0.2) is 40.9 Å². The van der Waals surface area contributed by atoms with Crippen molar-refractivity contribution in [1.82, 2.24) is 0 Å². The number of nitrogens with two attached hydrogens (primary N) is 1. The number of para-hydroxylation sites is 2. The van der Waals surface area contributed by atoms with Crippen molar-refractivity contribution in [2.24, 2.45) is 0 Å². The van der Waals surface area contributed by atoms with Gasteiger partial charge in [-0.05, 0) is 47.1 Å². The summed E-state index contributed by atoms with van der Waals surface area (Å²) in [6.45, 7) is 2.17. The Labute approximate surface area is 130 Å². The van der Waals surface area contributed by atoms with E-state index in [2.05, 4.69) is 21.2 Å². The van der Waals surface area contributed by atoms with E-state index < -0.39 is 11.7 Å². The number of nitrogens with one attached hydrogen (secondary N) is 1. The second kappa shape index (κ2) is 6.58. The van der Waals surface area contributed by atoms with Crippen LogP contribution >= 0.6 is 15.9 Å². The fraction of sp³-hybridized carbons (Fsp3) is 0.133. The monoisotopic (exact) mass is 352 g/mol. The highest BCUT2D eigenvalue weighted by atomic mass is 79.9. The van der Waals surface area contributed by atoms with Crippen LogP contribution in [0.2, 0.25) is 0 Å². The van der Waals surface area contributed by atoms with Crippen LogP contribution in [-0.4, -0.2) is 12.5 Å². The number of carbonyl (C=O) groups is 1. The molecular weight excluding hydrogens is 339 g/mol. The Morgan fingerprint density at radius 2 is 2.05 bits per heavy atom. The van der Waals surface area contributed by atoms with E-state index in [1.807, 2.05) is 0 Å². The number of nitrogen functional groups attached to an aromatic ring is 1. The number of anilines is 2. The van der Waals surface area contributed by atoms with Crippen LogP contribution in [0.1, 0.15) is 17.3 Å². The third-order valence-corrected chi connectivity index (χ3v) is 3.44. The summed E-state index contributed by atoms with van der Waals surface area (Å²) in [6.07, 6.45) is 0. The molecule has 2 aromatic carbocycles. The van der Waals surface area contributed by atoms with Crippen molar-refractivity contribution >= 4 is 33.2 Å². The fourth-order valence-corrected chi connectivity index (χ4v) is 2.28. The Morgan fingerprint density at radius 1 is 1.33 bits per heavy atom. The molecule has 0 aliphatic heterocycles. The van der Waals surface area contributed by atoms with Gasteiger partial charge < -0.3 is 15.8 Å². The predicted octanol–water partition coefficient (Wildman–Crippen LogP) is 3.82. The molecule has 4 nitrogen and oxygen atoms in total. The molecule has 0 aromatic heterocycles. The van der Waals surface area contributed by atoms with Crippen LogP contribution < -0.4 is 15.8 Å². The van der Waals surface area contributed by atoms with Crippen LogP contribution in [0.25, 0.3) is 0 Å². The SMILES string of the molecule is CCOc1c(N)cccc1C(=O)Nc1c(F)cccc1Br. The van der Waals surface area contributed by atoms with E-state index >= 15 is 0 Å². The highest BCUT2D eigenvalue weighted by molar-refractivity contribution is 9.10. The van der Waals surface area contributed by atoms with Gasteiger partial charge in [0.05, 0.1) is 23.5 Å². The quantitative estimate of drug-likeness (QED) is 0.822. The largest absolute Gasteiger partial charge is 0.491 e. The fourth-order valence-electron chi connectivity index (χ4n) is 1.84. The molecule has 0 heterocycles. The van der Waals surface area contributed by atoms with Gasteiger partial charge >= 0.3 is 0 Å². The molecule has 0 unspecified atom stereocenters. The Balaban J connectivity index is 2.35. The van der Waals surface area contributed by atoms with Crippen molar-refractivity contribution in [2.75, 3.05) is 17.7 Å². The third-order valence-electron chi connectivity index (χ3n) is 2.78. The van der Waals surface area contributed by atoms with Gasteiger partial charge in [-0.15, -0.1) is 0 Å². The lowest BCUT2D eigenvalue weighted by molar-refractivity contribution is 0.102. The van der Waals surface area contributed by atoms with E-state index in [1.165, 1.54) is 6.07 Å². The van der Waals surface area contributed by atoms with Crippen molar-refractivity contribution in [1.29, 1.82) is 0 Å². The van der Waals surface area contributed by atoms with Gasteiger partial charge in [0, 0.05) is 4.47 Å². The van der Waals surface area contributed by atoms with Crippen LogP contribution in [0.3, 0.4) is 0 Å². The minimum absolute atomic E-state index is 0.0763. The maximum absolute atomic E-state index is 13.8. The zero-order valence-corrected chi connectivity index (χ0v) is 12.9. The summed E-state index contributed by atoms with van der Waals surface area (Å²) in [5.74, 6) is -0.721. The maximum atomic E-state index is 13.8. The number of carbonyl (C=O) groups excluding carboxylic acids is 1. The Hall–Kier alpha value is -2.08. The third kappa shape index (κ3) is 3.33. The molecule has 0 atom stereocenters. The number of halogens is 2. The van der Waals surface area contributed by atoms with E-state index in [0.717, 1.165) is 0 Å². The minimum atomic E-state index is -0.528. The molecule has 1 amide bonds. The zero-order chi connectivity index (χ0) is 15.4. The summed E-state index contributed by atoms with van der Waals surface area (Å²) < 4.78 is 19.6. The van der Waals surface area contributed by atoms with Gasteiger partial charge in [0.15, 0.2) is 5.75 Å². The topological polar surface area (TPSA) is 64.3 Å². The first-order valence-electron chi connectivity index (χ1n) is 6.31. The Morgan fingerprint density at radius 3 is 2.71 bits per heavy atom. The van der Waals surface area contributed by atoms with E-state index in [1.54, 1.807) is 37.3 Å². The van der Waals surface area contributed by atoms with Gasteiger partial charge in [0.25, 0.3) is 5.91 Å². The molecule has 110 valence electrons. The molecule has 21 heavy (non-hydrogen) atoms. The lowest BCUT2D eigenvalue weighted by Gasteiger charge is -2.13. The standard InChI is InChI=1S/C15H14BrFN2O2/c1-2-21-14-9(5-3-8-12(14)18)15(20)19-13-10(16)6-4-7-11(13)17/h3-8H,2,18H2,1H3,(H,19,20). The van der Waals surface area contributed by atoms with Crippen molar-refractivity contribution in [3.05, 3.63) is 52.3 Å². The molecule has 0 spiro atoms. The van der Waals surface area contributed by atoms with E-state index in [4.69, 9.17) is 10.5 Å². The van der Waals surface area contributed by atoms with E-state index in [0.29, 0.717) is 22.5 Å². The Bertz CT molecular complexity index is 656. The molecule has 0 radical (unpaired) electrons. The zero-order valence-electron chi connectivity index (χ0n) is 11.3. The summed E-state index contributed by atoms with van der Waals surface area (Å²) in [4.78, 5) is 12.3. The highest BCUT2D eigenvalue weighted by Crippen LogP contribution is 2.29. The van der Waals surface area contributed by atoms with Crippen molar-refractivity contribution in [3.8, 4) is 5.75 Å². The number of hydrogen-bond acceptors (Lipinski definition) is 3. The summed E-state index contributed by atoms with van der Waals surface area (Å²) >= 11 is 3.20. The Kier molecular flexibility index (Phi) is 4.80. The smallest absolute Gasteiger partial charge is 0.259 e. The summed E-state index contributed by atoms with van der Waals surface area (Å²) in [6, 6.07) is 9.31. The van der Waals surface area contributed by atoms with Crippen LogP contribution in [0, 0.1) is 5.82 Å². The summed E-state index contributed by atoms with van der Waals surface area (Å²) in [7, 11) is 0. The molecule has 2 aromatic rings. The van der Waals surface area contributed by atoms with E-state index in [-0.39, 0.29) is 11.3 Å². The van der Waals surface area contributed by atoms with Gasteiger partial charge in [-0.25, -0.2) is 4.39 Å². The maximum Gasteiger partial charge on any atom is 0.259 e. The van der Waals surface area contributed by atoms with Gasteiger partial charge in [-0.1, -0.05) is 12.1 Å². The molecule has 0 aliphatic rings. The van der Waals surface area contributed by atoms with Crippen LogP contribution in [0.4, 0.5) is 15.8 Å². The summed E-state index contributed by atoms with van der Waals surface area (Å²) in [5.41, 5.74) is 6.50.